The lowest BCUT2D eigenvalue weighted by Crippen LogP contribution is -2.25. The van der Waals surface area contributed by atoms with Crippen LogP contribution in [-0.4, -0.2) is 40.3 Å². The van der Waals surface area contributed by atoms with Crippen LogP contribution >= 0.6 is 11.8 Å². The van der Waals surface area contributed by atoms with Gasteiger partial charge in [0.1, 0.15) is 0 Å². The van der Waals surface area contributed by atoms with Crippen molar-refractivity contribution >= 4 is 23.7 Å². The van der Waals surface area contributed by atoms with Gasteiger partial charge in [-0.05, 0) is 19.8 Å². The summed E-state index contributed by atoms with van der Waals surface area (Å²) in [4.78, 5) is 15.6. The SMILES string of the molecule is CCN(CC)c1nc(NC)nc(SC(C)C(C)C)n1. The second kappa shape index (κ2) is 7.53. The quantitative estimate of drug-likeness (QED) is 0.777. The Morgan fingerprint density at radius 2 is 1.74 bits per heavy atom. The second-order valence-electron chi connectivity index (χ2n) is 4.73. The zero-order chi connectivity index (χ0) is 14.4. The van der Waals surface area contributed by atoms with Gasteiger partial charge in [-0.1, -0.05) is 32.5 Å². The maximum Gasteiger partial charge on any atom is 0.231 e. The molecule has 0 aromatic carbocycles. The summed E-state index contributed by atoms with van der Waals surface area (Å²) in [5.41, 5.74) is 0. The van der Waals surface area contributed by atoms with Crippen LogP contribution in [0.1, 0.15) is 34.6 Å². The van der Waals surface area contributed by atoms with E-state index in [1.54, 1.807) is 11.8 Å². The summed E-state index contributed by atoms with van der Waals surface area (Å²) >= 11 is 1.70. The fraction of sp³-hybridized carbons (Fsp3) is 0.769. The number of nitrogens with zero attached hydrogens (tertiary/aromatic N) is 4. The van der Waals surface area contributed by atoms with E-state index in [2.05, 4.69) is 59.8 Å². The Morgan fingerprint density at radius 1 is 1.11 bits per heavy atom. The molecular weight excluding hydrogens is 258 g/mol. The molecule has 1 aromatic heterocycles. The van der Waals surface area contributed by atoms with Crippen LogP contribution in [0.5, 0.6) is 0 Å². The van der Waals surface area contributed by atoms with E-state index >= 15 is 0 Å². The lowest BCUT2D eigenvalue weighted by atomic mass is 10.2. The molecule has 0 bridgehead atoms. The average Bonchev–Trinajstić information content (AvgIpc) is 2.39. The fourth-order valence-electron chi connectivity index (χ4n) is 1.46. The van der Waals surface area contributed by atoms with E-state index in [-0.39, 0.29) is 0 Å². The molecule has 1 rings (SSSR count). The molecule has 5 nitrogen and oxygen atoms in total. The van der Waals surface area contributed by atoms with Crippen molar-refractivity contribution in [1.29, 1.82) is 0 Å². The largest absolute Gasteiger partial charge is 0.357 e. The molecule has 0 spiro atoms. The highest BCUT2D eigenvalue weighted by molar-refractivity contribution is 7.99. The highest BCUT2D eigenvalue weighted by Gasteiger charge is 2.15. The van der Waals surface area contributed by atoms with Crippen molar-refractivity contribution in [3.8, 4) is 0 Å². The molecule has 6 heteroatoms. The van der Waals surface area contributed by atoms with Crippen LogP contribution < -0.4 is 10.2 Å². The molecule has 0 aliphatic carbocycles. The van der Waals surface area contributed by atoms with Crippen molar-refractivity contribution in [1.82, 2.24) is 15.0 Å². The maximum atomic E-state index is 4.57. The maximum absolute atomic E-state index is 4.57. The lowest BCUT2D eigenvalue weighted by Gasteiger charge is -2.20. The first-order valence-corrected chi connectivity index (χ1v) is 7.75. The van der Waals surface area contributed by atoms with Crippen molar-refractivity contribution in [3.05, 3.63) is 0 Å². The van der Waals surface area contributed by atoms with Crippen LogP contribution in [0.4, 0.5) is 11.9 Å². The predicted molar refractivity (Wildman–Crippen MR) is 83.1 cm³/mol. The third-order valence-corrected chi connectivity index (χ3v) is 4.41. The van der Waals surface area contributed by atoms with Gasteiger partial charge in [-0.15, -0.1) is 0 Å². The van der Waals surface area contributed by atoms with Gasteiger partial charge in [-0.25, -0.2) is 0 Å². The average molecular weight is 283 g/mol. The number of anilines is 2. The van der Waals surface area contributed by atoms with Crippen molar-refractivity contribution in [2.45, 2.75) is 45.0 Å². The Labute approximate surface area is 120 Å². The first kappa shape index (κ1) is 16.0. The van der Waals surface area contributed by atoms with Crippen molar-refractivity contribution in [2.24, 2.45) is 5.92 Å². The summed E-state index contributed by atoms with van der Waals surface area (Å²) in [6, 6.07) is 0. The summed E-state index contributed by atoms with van der Waals surface area (Å²) in [5.74, 6) is 1.98. The number of nitrogens with one attached hydrogen (secondary N) is 1. The van der Waals surface area contributed by atoms with E-state index in [0.717, 1.165) is 24.2 Å². The molecule has 0 fully saturated rings. The second-order valence-corrected chi connectivity index (χ2v) is 6.08. The van der Waals surface area contributed by atoms with Gasteiger partial charge in [0.25, 0.3) is 0 Å². The number of hydrogen-bond acceptors (Lipinski definition) is 6. The number of rotatable bonds is 7. The van der Waals surface area contributed by atoms with Crippen molar-refractivity contribution in [2.75, 3.05) is 30.4 Å². The summed E-state index contributed by atoms with van der Waals surface area (Å²) in [5, 5.41) is 4.29. The van der Waals surface area contributed by atoms with Gasteiger partial charge in [0, 0.05) is 25.4 Å². The highest BCUT2D eigenvalue weighted by Crippen LogP contribution is 2.26. The van der Waals surface area contributed by atoms with Crippen LogP contribution in [0.25, 0.3) is 0 Å². The third kappa shape index (κ3) is 4.53. The van der Waals surface area contributed by atoms with Gasteiger partial charge in [0.2, 0.25) is 11.9 Å². The van der Waals surface area contributed by atoms with Gasteiger partial charge < -0.3 is 10.2 Å². The van der Waals surface area contributed by atoms with Gasteiger partial charge in [-0.3, -0.25) is 0 Å². The normalized spacial score (nSPS) is 12.6. The molecule has 108 valence electrons. The smallest absolute Gasteiger partial charge is 0.231 e. The molecule has 19 heavy (non-hydrogen) atoms. The van der Waals surface area contributed by atoms with Crippen LogP contribution in [0.3, 0.4) is 0 Å². The molecule has 1 aromatic rings. The van der Waals surface area contributed by atoms with E-state index < -0.39 is 0 Å². The number of thioether (sulfide) groups is 1. The van der Waals surface area contributed by atoms with Crippen molar-refractivity contribution in [3.63, 3.8) is 0 Å². The van der Waals surface area contributed by atoms with Gasteiger partial charge >= 0.3 is 0 Å². The molecule has 0 aliphatic heterocycles. The zero-order valence-corrected chi connectivity index (χ0v) is 13.6. The Hall–Kier alpha value is -1.04. The van der Waals surface area contributed by atoms with E-state index in [4.69, 9.17) is 0 Å². The molecule has 1 N–H and O–H groups in total. The number of hydrogen-bond donors (Lipinski definition) is 1. The molecular formula is C13H25N5S. The van der Waals surface area contributed by atoms with Gasteiger partial charge in [-0.2, -0.15) is 15.0 Å². The summed E-state index contributed by atoms with van der Waals surface area (Å²) in [6.45, 7) is 12.6. The van der Waals surface area contributed by atoms with E-state index in [9.17, 15) is 0 Å². The predicted octanol–water partition coefficient (Wildman–Crippen LogP) is 2.90. The molecule has 0 aliphatic rings. The molecule has 0 saturated carbocycles. The Balaban J connectivity index is 3.01. The molecule has 1 atom stereocenters. The minimum atomic E-state index is 0.483. The van der Waals surface area contributed by atoms with Gasteiger partial charge in [0.15, 0.2) is 5.16 Å². The van der Waals surface area contributed by atoms with Crippen LogP contribution in [0, 0.1) is 5.92 Å². The van der Waals surface area contributed by atoms with Crippen LogP contribution in [0.15, 0.2) is 5.16 Å². The molecule has 0 radical (unpaired) electrons. The van der Waals surface area contributed by atoms with E-state index in [1.165, 1.54) is 0 Å². The monoisotopic (exact) mass is 283 g/mol. The molecule has 0 amide bonds. The summed E-state index contributed by atoms with van der Waals surface area (Å²) in [6.07, 6.45) is 0. The Kier molecular flexibility index (Phi) is 6.34. The topological polar surface area (TPSA) is 53.9 Å². The first-order chi connectivity index (χ1) is 9.01. The first-order valence-electron chi connectivity index (χ1n) is 6.87. The summed E-state index contributed by atoms with van der Waals surface area (Å²) in [7, 11) is 1.83. The molecule has 0 saturated heterocycles. The lowest BCUT2D eigenvalue weighted by molar-refractivity contribution is 0.639. The summed E-state index contributed by atoms with van der Waals surface area (Å²) < 4.78 is 0. The van der Waals surface area contributed by atoms with Crippen LogP contribution in [0.2, 0.25) is 0 Å². The minimum absolute atomic E-state index is 0.483. The van der Waals surface area contributed by atoms with Crippen LogP contribution in [-0.2, 0) is 0 Å². The highest BCUT2D eigenvalue weighted by atomic mass is 32.2. The standard InChI is InChI=1S/C13H25N5S/c1-7-18(8-2)12-15-11(14-6)16-13(17-12)19-10(5)9(3)4/h9-10H,7-8H2,1-6H3,(H,14,15,16,17). The Morgan fingerprint density at radius 3 is 2.21 bits per heavy atom. The van der Waals surface area contributed by atoms with Gasteiger partial charge in [0.05, 0.1) is 0 Å². The van der Waals surface area contributed by atoms with Crippen molar-refractivity contribution < 1.29 is 0 Å². The number of aromatic nitrogens is 3. The minimum Gasteiger partial charge on any atom is -0.357 e. The third-order valence-electron chi connectivity index (χ3n) is 3.10. The zero-order valence-electron chi connectivity index (χ0n) is 12.8. The van der Waals surface area contributed by atoms with E-state index in [0.29, 0.717) is 17.1 Å². The fourth-order valence-corrected chi connectivity index (χ4v) is 2.34. The molecule has 1 unspecified atom stereocenters. The Bertz CT molecular complexity index is 393. The van der Waals surface area contributed by atoms with E-state index in [1.807, 2.05) is 7.05 Å². The molecule has 1 heterocycles.